The first-order chi connectivity index (χ1) is 7.56. The van der Waals surface area contributed by atoms with Gasteiger partial charge in [0, 0.05) is 25.2 Å². The molecule has 0 heterocycles. The molecule has 96 valence electrons. The van der Waals surface area contributed by atoms with Gasteiger partial charge in [0.2, 0.25) is 0 Å². The first kappa shape index (κ1) is 14.0. The molecule has 1 aliphatic carbocycles. The molecule has 0 radical (unpaired) electrons. The highest BCUT2D eigenvalue weighted by Gasteiger charge is 2.29. The average molecular weight is 227 g/mol. The van der Waals surface area contributed by atoms with Crippen molar-refractivity contribution in [3.05, 3.63) is 0 Å². The Bertz CT molecular complexity index is 193. The molecule has 0 saturated heterocycles. The minimum absolute atomic E-state index is 0.321. The summed E-state index contributed by atoms with van der Waals surface area (Å²) in [6.45, 7) is 10.7. The molecule has 0 aromatic carbocycles. The first-order valence-corrected chi connectivity index (χ1v) is 6.92. The Kier molecular flexibility index (Phi) is 5.77. The normalized spacial score (nSPS) is 31.3. The Balaban J connectivity index is 2.51. The van der Waals surface area contributed by atoms with Gasteiger partial charge in [-0.1, -0.05) is 13.8 Å². The van der Waals surface area contributed by atoms with Crippen molar-refractivity contribution in [1.82, 2.24) is 4.90 Å². The van der Waals surface area contributed by atoms with Crippen LogP contribution in [0.25, 0.3) is 0 Å². The Morgan fingerprint density at radius 1 is 1.19 bits per heavy atom. The van der Waals surface area contributed by atoms with Crippen LogP contribution in [0, 0.1) is 11.8 Å². The van der Waals surface area contributed by atoms with Gasteiger partial charge < -0.3 is 5.11 Å². The van der Waals surface area contributed by atoms with Gasteiger partial charge in [0.25, 0.3) is 0 Å². The van der Waals surface area contributed by atoms with Crippen molar-refractivity contribution in [2.45, 2.75) is 65.5 Å². The molecule has 0 aromatic rings. The molecule has 1 aliphatic rings. The lowest BCUT2D eigenvalue weighted by atomic mass is 9.78. The van der Waals surface area contributed by atoms with Crippen molar-refractivity contribution in [2.24, 2.45) is 11.8 Å². The van der Waals surface area contributed by atoms with Crippen molar-refractivity contribution in [3.63, 3.8) is 0 Å². The van der Waals surface area contributed by atoms with Gasteiger partial charge in [-0.3, -0.25) is 4.90 Å². The predicted molar refractivity (Wildman–Crippen MR) is 69.5 cm³/mol. The van der Waals surface area contributed by atoms with Gasteiger partial charge in [-0.2, -0.15) is 0 Å². The molecule has 0 spiro atoms. The lowest BCUT2D eigenvalue weighted by Crippen LogP contribution is -2.44. The van der Waals surface area contributed by atoms with Crippen molar-refractivity contribution in [3.8, 4) is 0 Å². The Labute approximate surface area is 101 Å². The van der Waals surface area contributed by atoms with Gasteiger partial charge in [0.1, 0.15) is 0 Å². The molecule has 2 heteroatoms. The summed E-state index contributed by atoms with van der Waals surface area (Å²) in [6, 6.07) is 1.36. The molecule has 1 N–H and O–H groups in total. The zero-order valence-electron chi connectivity index (χ0n) is 11.4. The number of aliphatic hydroxyl groups excluding tert-OH is 1. The molecule has 1 fully saturated rings. The maximum Gasteiger partial charge on any atom is 0.0443 e. The highest BCUT2D eigenvalue weighted by molar-refractivity contribution is 4.83. The van der Waals surface area contributed by atoms with Crippen LogP contribution < -0.4 is 0 Å². The molecule has 16 heavy (non-hydrogen) atoms. The van der Waals surface area contributed by atoms with E-state index in [1.807, 2.05) is 0 Å². The molecule has 1 rings (SSSR count). The topological polar surface area (TPSA) is 23.5 Å². The molecule has 3 unspecified atom stereocenters. The van der Waals surface area contributed by atoms with Crippen LogP contribution in [0.3, 0.4) is 0 Å². The summed E-state index contributed by atoms with van der Waals surface area (Å²) in [6.07, 6.45) is 4.96. The molecule has 0 bridgehead atoms. The molecular weight excluding hydrogens is 198 g/mol. The van der Waals surface area contributed by atoms with Gasteiger partial charge in [-0.05, 0) is 51.4 Å². The average Bonchev–Trinajstić information content (AvgIpc) is 2.23. The summed E-state index contributed by atoms with van der Waals surface area (Å²) in [5.41, 5.74) is 0. The van der Waals surface area contributed by atoms with E-state index in [0.29, 0.717) is 12.6 Å². The van der Waals surface area contributed by atoms with E-state index in [0.717, 1.165) is 30.8 Å². The van der Waals surface area contributed by atoms with Gasteiger partial charge in [0.15, 0.2) is 0 Å². The summed E-state index contributed by atoms with van der Waals surface area (Å²) in [7, 11) is 0. The third-order valence-corrected chi connectivity index (χ3v) is 4.28. The van der Waals surface area contributed by atoms with Gasteiger partial charge >= 0.3 is 0 Å². The van der Waals surface area contributed by atoms with Crippen LogP contribution in [-0.4, -0.2) is 35.2 Å². The van der Waals surface area contributed by atoms with Gasteiger partial charge in [0.05, 0.1) is 0 Å². The molecule has 0 aromatic heterocycles. The van der Waals surface area contributed by atoms with Crippen molar-refractivity contribution in [1.29, 1.82) is 0 Å². The second-order valence-corrected chi connectivity index (χ2v) is 5.83. The Morgan fingerprint density at radius 3 is 2.38 bits per heavy atom. The van der Waals surface area contributed by atoms with Crippen LogP contribution in [0.1, 0.15) is 53.4 Å². The maximum atomic E-state index is 8.96. The highest BCUT2D eigenvalue weighted by atomic mass is 16.3. The van der Waals surface area contributed by atoms with Crippen molar-refractivity contribution < 1.29 is 5.11 Å². The number of hydrogen-bond donors (Lipinski definition) is 1. The first-order valence-electron chi connectivity index (χ1n) is 6.92. The van der Waals surface area contributed by atoms with Crippen molar-refractivity contribution >= 4 is 0 Å². The minimum atomic E-state index is 0.321. The third-order valence-electron chi connectivity index (χ3n) is 4.28. The van der Waals surface area contributed by atoms with Crippen LogP contribution in [0.15, 0.2) is 0 Å². The summed E-state index contributed by atoms with van der Waals surface area (Å²) in [4.78, 5) is 2.60. The van der Waals surface area contributed by atoms with E-state index in [1.54, 1.807) is 0 Å². The number of nitrogens with zero attached hydrogens (tertiary/aromatic N) is 1. The largest absolute Gasteiger partial charge is 0.396 e. The van der Waals surface area contributed by atoms with Gasteiger partial charge in [-0.15, -0.1) is 0 Å². The third kappa shape index (κ3) is 3.74. The SMILES string of the molecule is CC1CCC(N(CCCO)C(C)C)CC1C. The predicted octanol–water partition coefficient (Wildman–Crippen LogP) is 2.90. The quantitative estimate of drug-likeness (QED) is 0.780. The van der Waals surface area contributed by atoms with E-state index in [4.69, 9.17) is 5.11 Å². The summed E-state index contributed by atoms with van der Waals surface area (Å²) < 4.78 is 0. The van der Waals surface area contributed by atoms with Crippen LogP contribution in [0.5, 0.6) is 0 Å². The Morgan fingerprint density at radius 2 is 1.88 bits per heavy atom. The molecule has 2 nitrogen and oxygen atoms in total. The highest BCUT2D eigenvalue weighted by Crippen LogP contribution is 2.32. The smallest absolute Gasteiger partial charge is 0.0443 e. The fourth-order valence-electron chi connectivity index (χ4n) is 2.94. The van der Waals surface area contributed by atoms with E-state index >= 15 is 0 Å². The van der Waals surface area contributed by atoms with E-state index < -0.39 is 0 Å². The lowest BCUT2D eigenvalue weighted by molar-refractivity contribution is 0.0769. The summed E-state index contributed by atoms with van der Waals surface area (Å²) in [5, 5.41) is 8.96. The summed E-state index contributed by atoms with van der Waals surface area (Å²) >= 11 is 0. The van der Waals surface area contributed by atoms with E-state index in [-0.39, 0.29) is 0 Å². The molecule has 3 atom stereocenters. The van der Waals surface area contributed by atoms with Gasteiger partial charge in [-0.25, -0.2) is 0 Å². The Hall–Kier alpha value is -0.0800. The second-order valence-electron chi connectivity index (χ2n) is 5.83. The lowest BCUT2D eigenvalue weighted by Gasteiger charge is -2.41. The standard InChI is InChI=1S/C14H29NO/c1-11(2)15(8-5-9-16)14-7-6-12(3)13(4)10-14/h11-14,16H,5-10H2,1-4H3. The molecule has 1 saturated carbocycles. The zero-order valence-corrected chi connectivity index (χ0v) is 11.4. The van der Waals surface area contributed by atoms with Crippen molar-refractivity contribution in [2.75, 3.05) is 13.2 Å². The van der Waals surface area contributed by atoms with Crippen LogP contribution in [0.4, 0.5) is 0 Å². The number of hydrogen-bond acceptors (Lipinski definition) is 2. The zero-order chi connectivity index (χ0) is 12.1. The molecule has 0 aliphatic heterocycles. The fraction of sp³-hybridized carbons (Fsp3) is 1.00. The number of aliphatic hydroxyl groups is 1. The molecule has 0 amide bonds. The van der Waals surface area contributed by atoms with E-state index in [9.17, 15) is 0 Å². The number of rotatable bonds is 5. The van der Waals surface area contributed by atoms with E-state index in [1.165, 1.54) is 19.3 Å². The summed E-state index contributed by atoms with van der Waals surface area (Å²) in [5.74, 6) is 1.75. The maximum absolute atomic E-state index is 8.96. The second kappa shape index (κ2) is 6.61. The van der Waals surface area contributed by atoms with E-state index in [2.05, 4.69) is 32.6 Å². The van der Waals surface area contributed by atoms with Crippen LogP contribution in [-0.2, 0) is 0 Å². The van der Waals surface area contributed by atoms with Crippen LogP contribution >= 0.6 is 0 Å². The monoisotopic (exact) mass is 227 g/mol. The minimum Gasteiger partial charge on any atom is -0.396 e. The fourth-order valence-corrected chi connectivity index (χ4v) is 2.94. The molecular formula is C14H29NO. The van der Waals surface area contributed by atoms with Crippen LogP contribution in [0.2, 0.25) is 0 Å².